The van der Waals surface area contributed by atoms with Crippen molar-refractivity contribution in [2.75, 3.05) is 0 Å². The van der Waals surface area contributed by atoms with Crippen molar-refractivity contribution < 1.29 is 8.78 Å². The molecule has 0 fully saturated rings. The van der Waals surface area contributed by atoms with E-state index in [0.717, 1.165) is 12.1 Å². The lowest BCUT2D eigenvalue weighted by atomic mass is 10.2. The molecule has 92 valence electrons. The molecule has 2 aromatic rings. The van der Waals surface area contributed by atoms with Crippen LogP contribution in [-0.4, -0.2) is 9.97 Å². The van der Waals surface area contributed by atoms with Gasteiger partial charge in [0.25, 0.3) is 5.56 Å². The van der Waals surface area contributed by atoms with Gasteiger partial charge in [-0.25, -0.2) is 13.8 Å². The van der Waals surface area contributed by atoms with Gasteiger partial charge in [-0.15, -0.1) is 0 Å². The largest absolute Gasteiger partial charge is 0.307 e. The summed E-state index contributed by atoms with van der Waals surface area (Å²) in [4.78, 5) is 18.6. The van der Waals surface area contributed by atoms with Gasteiger partial charge in [-0.05, 0) is 18.2 Å². The second-order valence-electron chi connectivity index (χ2n) is 4.07. The van der Waals surface area contributed by atoms with E-state index in [2.05, 4.69) is 15.3 Å². The van der Waals surface area contributed by atoms with Crippen molar-refractivity contribution in [3.8, 4) is 11.4 Å². The van der Waals surface area contributed by atoms with Crippen LogP contribution in [-0.2, 0) is 13.1 Å². The molecule has 6 heteroatoms. The molecule has 2 N–H and O–H groups in total. The standard InChI is InChI=1S/C12H9F2N3O/c13-8-2-1-6(3-9(8)14)11-16-10-5-15-4-7(10)12(18)17-11/h1-3,15H,4-5H2,(H,16,17,18). The summed E-state index contributed by atoms with van der Waals surface area (Å²) >= 11 is 0. The Hall–Kier alpha value is -2.08. The highest BCUT2D eigenvalue weighted by molar-refractivity contribution is 5.55. The van der Waals surface area contributed by atoms with Gasteiger partial charge in [0.1, 0.15) is 5.82 Å². The normalized spacial score (nSPS) is 13.7. The Morgan fingerprint density at radius 1 is 1.17 bits per heavy atom. The van der Waals surface area contributed by atoms with Gasteiger partial charge in [-0.3, -0.25) is 4.79 Å². The minimum Gasteiger partial charge on any atom is -0.307 e. The minimum absolute atomic E-state index is 0.246. The first kappa shape index (κ1) is 11.0. The maximum atomic E-state index is 13.1. The summed E-state index contributed by atoms with van der Waals surface area (Å²) in [5.41, 5.74) is 1.35. The van der Waals surface area contributed by atoms with E-state index in [1.807, 2.05) is 0 Å². The average molecular weight is 249 g/mol. The van der Waals surface area contributed by atoms with Crippen molar-refractivity contribution in [3.05, 3.63) is 51.4 Å². The summed E-state index contributed by atoms with van der Waals surface area (Å²) in [7, 11) is 0. The van der Waals surface area contributed by atoms with Crippen molar-refractivity contribution >= 4 is 0 Å². The van der Waals surface area contributed by atoms with Crippen molar-refractivity contribution in [2.24, 2.45) is 0 Å². The topological polar surface area (TPSA) is 57.8 Å². The number of hydrogen-bond donors (Lipinski definition) is 2. The first-order valence-corrected chi connectivity index (χ1v) is 5.43. The zero-order valence-corrected chi connectivity index (χ0v) is 9.26. The number of rotatable bonds is 1. The Bertz CT molecular complexity index is 682. The Labute approximate surface area is 101 Å². The molecule has 0 radical (unpaired) electrons. The summed E-state index contributed by atoms with van der Waals surface area (Å²) < 4.78 is 26.0. The van der Waals surface area contributed by atoms with Gasteiger partial charge in [0, 0.05) is 18.7 Å². The lowest BCUT2D eigenvalue weighted by Crippen LogP contribution is -2.15. The number of nitrogens with zero attached hydrogens (tertiary/aromatic N) is 1. The smallest absolute Gasteiger partial charge is 0.255 e. The summed E-state index contributed by atoms with van der Waals surface area (Å²) in [6, 6.07) is 3.41. The lowest BCUT2D eigenvalue weighted by molar-refractivity contribution is 0.509. The van der Waals surface area contributed by atoms with E-state index in [0.29, 0.717) is 29.9 Å². The van der Waals surface area contributed by atoms with E-state index in [4.69, 9.17) is 0 Å². The zero-order valence-electron chi connectivity index (χ0n) is 9.26. The molecule has 0 saturated heterocycles. The Balaban J connectivity index is 2.15. The quantitative estimate of drug-likeness (QED) is 0.801. The average Bonchev–Trinajstić information content (AvgIpc) is 2.81. The number of aromatic amines is 1. The fourth-order valence-electron chi connectivity index (χ4n) is 1.96. The molecule has 0 amide bonds. The van der Waals surface area contributed by atoms with Gasteiger partial charge >= 0.3 is 0 Å². The van der Waals surface area contributed by atoms with E-state index in [1.54, 1.807) is 0 Å². The summed E-state index contributed by atoms with van der Waals surface area (Å²) in [6.45, 7) is 0.992. The van der Waals surface area contributed by atoms with Gasteiger partial charge in [0.15, 0.2) is 11.6 Å². The molecule has 0 spiro atoms. The van der Waals surface area contributed by atoms with Gasteiger partial charge in [-0.1, -0.05) is 0 Å². The van der Waals surface area contributed by atoms with Crippen molar-refractivity contribution in [1.82, 2.24) is 15.3 Å². The van der Waals surface area contributed by atoms with Crippen LogP contribution in [0, 0.1) is 11.6 Å². The van der Waals surface area contributed by atoms with E-state index in [9.17, 15) is 13.6 Å². The van der Waals surface area contributed by atoms with Crippen LogP contribution in [0.3, 0.4) is 0 Å². The Morgan fingerprint density at radius 3 is 2.78 bits per heavy atom. The molecular weight excluding hydrogens is 240 g/mol. The predicted octanol–water partition coefficient (Wildman–Crippen LogP) is 1.32. The molecule has 0 saturated carbocycles. The molecule has 4 nitrogen and oxygen atoms in total. The highest BCUT2D eigenvalue weighted by Gasteiger charge is 2.17. The van der Waals surface area contributed by atoms with Crippen LogP contribution in [0.4, 0.5) is 8.78 Å². The molecule has 1 aliphatic heterocycles. The third-order valence-electron chi connectivity index (χ3n) is 2.89. The van der Waals surface area contributed by atoms with Gasteiger partial charge in [0.05, 0.1) is 11.3 Å². The molecule has 1 aromatic carbocycles. The number of H-pyrrole nitrogens is 1. The predicted molar refractivity (Wildman–Crippen MR) is 60.8 cm³/mol. The maximum Gasteiger partial charge on any atom is 0.255 e. The van der Waals surface area contributed by atoms with Crippen LogP contribution in [0.25, 0.3) is 11.4 Å². The third-order valence-corrected chi connectivity index (χ3v) is 2.89. The molecule has 1 aromatic heterocycles. The SMILES string of the molecule is O=c1[nH]c(-c2ccc(F)c(F)c2)nc2c1CNC2. The van der Waals surface area contributed by atoms with Crippen LogP contribution in [0.15, 0.2) is 23.0 Å². The molecule has 0 unspecified atom stereocenters. The number of nitrogens with one attached hydrogen (secondary N) is 2. The number of benzene rings is 1. The third kappa shape index (κ3) is 1.70. The molecule has 0 atom stereocenters. The minimum atomic E-state index is -0.964. The van der Waals surface area contributed by atoms with E-state index < -0.39 is 11.6 Å². The number of halogens is 2. The van der Waals surface area contributed by atoms with Crippen molar-refractivity contribution in [1.29, 1.82) is 0 Å². The van der Waals surface area contributed by atoms with Crippen LogP contribution < -0.4 is 10.9 Å². The van der Waals surface area contributed by atoms with Crippen LogP contribution in [0.1, 0.15) is 11.3 Å². The Morgan fingerprint density at radius 2 is 2.00 bits per heavy atom. The monoisotopic (exact) mass is 249 g/mol. The first-order chi connectivity index (χ1) is 8.65. The summed E-state index contributed by atoms with van der Waals surface area (Å²) in [6.07, 6.45) is 0. The molecule has 3 rings (SSSR count). The van der Waals surface area contributed by atoms with E-state index in [1.165, 1.54) is 6.07 Å². The molecule has 1 aliphatic rings. The zero-order chi connectivity index (χ0) is 12.7. The lowest BCUT2D eigenvalue weighted by Gasteiger charge is -2.04. The highest BCUT2D eigenvalue weighted by atomic mass is 19.2. The number of hydrogen-bond acceptors (Lipinski definition) is 3. The maximum absolute atomic E-state index is 13.1. The molecule has 18 heavy (non-hydrogen) atoms. The van der Waals surface area contributed by atoms with Crippen LogP contribution >= 0.6 is 0 Å². The molecular formula is C12H9F2N3O. The Kier molecular flexibility index (Phi) is 2.45. The summed E-state index contributed by atoms with van der Waals surface area (Å²) in [5, 5.41) is 3.01. The number of fused-ring (bicyclic) bond motifs is 1. The van der Waals surface area contributed by atoms with E-state index in [-0.39, 0.29) is 11.4 Å². The highest BCUT2D eigenvalue weighted by Crippen LogP contribution is 2.19. The van der Waals surface area contributed by atoms with Crippen LogP contribution in [0.5, 0.6) is 0 Å². The molecule has 0 aliphatic carbocycles. The second-order valence-corrected chi connectivity index (χ2v) is 4.07. The van der Waals surface area contributed by atoms with Gasteiger partial charge in [-0.2, -0.15) is 0 Å². The van der Waals surface area contributed by atoms with Crippen molar-refractivity contribution in [2.45, 2.75) is 13.1 Å². The molecule has 0 bridgehead atoms. The number of aromatic nitrogens is 2. The van der Waals surface area contributed by atoms with Gasteiger partial charge < -0.3 is 10.3 Å². The fraction of sp³-hybridized carbons (Fsp3) is 0.167. The second kappa shape index (κ2) is 3.99. The van der Waals surface area contributed by atoms with Gasteiger partial charge in [0.2, 0.25) is 0 Å². The van der Waals surface area contributed by atoms with Crippen LogP contribution in [0.2, 0.25) is 0 Å². The van der Waals surface area contributed by atoms with Crippen molar-refractivity contribution in [3.63, 3.8) is 0 Å². The molecule has 2 heterocycles. The van der Waals surface area contributed by atoms with E-state index >= 15 is 0 Å². The fourth-order valence-corrected chi connectivity index (χ4v) is 1.96. The summed E-state index contributed by atoms with van der Waals surface area (Å²) in [5.74, 6) is -1.64. The first-order valence-electron chi connectivity index (χ1n) is 5.43.